The number of nitro benzene ring substituents is 1. The van der Waals surface area contributed by atoms with Crippen molar-refractivity contribution >= 4 is 17.3 Å². The van der Waals surface area contributed by atoms with Gasteiger partial charge in [0.1, 0.15) is 0 Å². The van der Waals surface area contributed by atoms with Crippen LogP contribution in [0.3, 0.4) is 0 Å². The van der Waals surface area contributed by atoms with Crippen molar-refractivity contribution in [3.63, 3.8) is 0 Å². The van der Waals surface area contributed by atoms with Gasteiger partial charge in [0.2, 0.25) is 5.91 Å². The van der Waals surface area contributed by atoms with Gasteiger partial charge in [0.05, 0.1) is 11.5 Å². The molecule has 1 amide bonds. The minimum Gasteiger partial charge on any atom is -0.376 e. The van der Waals surface area contributed by atoms with E-state index in [0.717, 1.165) is 0 Å². The van der Waals surface area contributed by atoms with Gasteiger partial charge in [0, 0.05) is 22.9 Å². The highest BCUT2D eigenvalue weighted by Gasteiger charge is 2.16. The highest BCUT2D eigenvalue weighted by molar-refractivity contribution is 5.81. The van der Waals surface area contributed by atoms with Crippen LogP contribution in [0.25, 0.3) is 0 Å². The zero-order valence-corrected chi connectivity index (χ0v) is 11.6. The van der Waals surface area contributed by atoms with Crippen molar-refractivity contribution in [1.82, 2.24) is 5.32 Å². The number of benzene rings is 1. The van der Waals surface area contributed by atoms with Gasteiger partial charge in [0.25, 0.3) is 5.69 Å². The first-order valence-electron chi connectivity index (χ1n) is 5.99. The topological polar surface area (TPSA) is 84.3 Å². The van der Waals surface area contributed by atoms with Crippen LogP contribution < -0.4 is 10.6 Å². The van der Waals surface area contributed by atoms with Gasteiger partial charge < -0.3 is 10.6 Å². The number of amides is 1. The first-order valence-corrected chi connectivity index (χ1v) is 5.99. The van der Waals surface area contributed by atoms with E-state index < -0.39 is 4.92 Å². The maximum absolute atomic E-state index is 11.7. The molecule has 0 heterocycles. The first kappa shape index (κ1) is 14.9. The Morgan fingerprint density at radius 3 is 2.53 bits per heavy atom. The summed E-state index contributed by atoms with van der Waals surface area (Å²) in [6, 6.07) is 4.75. The van der Waals surface area contributed by atoms with Crippen LogP contribution in [-0.2, 0) is 4.79 Å². The quantitative estimate of drug-likeness (QED) is 0.646. The van der Waals surface area contributed by atoms with Crippen LogP contribution in [0.2, 0.25) is 0 Å². The molecule has 104 valence electrons. The third-order valence-corrected chi connectivity index (χ3v) is 2.46. The van der Waals surface area contributed by atoms with Gasteiger partial charge in [-0.25, -0.2) is 0 Å². The van der Waals surface area contributed by atoms with Gasteiger partial charge in [-0.1, -0.05) is 6.07 Å². The van der Waals surface area contributed by atoms with Gasteiger partial charge in [-0.3, -0.25) is 14.9 Å². The van der Waals surface area contributed by atoms with Gasteiger partial charge in [0.15, 0.2) is 0 Å². The molecule has 0 aromatic heterocycles. The molecule has 0 saturated heterocycles. The highest BCUT2D eigenvalue weighted by atomic mass is 16.6. The second kappa shape index (κ2) is 5.69. The minimum atomic E-state index is -0.435. The molecular weight excluding hydrogens is 246 g/mol. The molecule has 0 saturated carbocycles. The number of nitrogens with zero attached hydrogens (tertiary/aromatic N) is 1. The van der Waals surface area contributed by atoms with Crippen LogP contribution in [0.1, 0.15) is 26.3 Å². The number of anilines is 1. The van der Waals surface area contributed by atoms with Crippen molar-refractivity contribution in [3.05, 3.63) is 33.9 Å². The van der Waals surface area contributed by atoms with Gasteiger partial charge in [-0.2, -0.15) is 0 Å². The number of nitro groups is 1. The first-order chi connectivity index (χ1) is 8.70. The van der Waals surface area contributed by atoms with E-state index >= 15 is 0 Å². The summed E-state index contributed by atoms with van der Waals surface area (Å²) in [5, 5.41) is 16.5. The van der Waals surface area contributed by atoms with Crippen LogP contribution in [-0.4, -0.2) is 22.9 Å². The number of nitrogens with one attached hydrogen (secondary N) is 2. The maximum atomic E-state index is 11.7. The Kier molecular flexibility index (Phi) is 4.47. The Bertz CT molecular complexity index is 492. The Hall–Kier alpha value is -2.11. The van der Waals surface area contributed by atoms with E-state index in [1.54, 1.807) is 19.1 Å². The van der Waals surface area contributed by atoms with Gasteiger partial charge in [-0.05, 0) is 33.8 Å². The normalized spacial score (nSPS) is 10.9. The Morgan fingerprint density at radius 1 is 1.37 bits per heavy atom. The van der Waals surface area contributed by atoms with Crippen LogP contribution in [0.15, 0.2) is 18.2 Å². The van der Waals surface area contributed by atoms with Crippen LogP contribution in [0, 0.1) is 17.0 Å². The molecule has 0 aliphatic heterocycles. The molecular formula is C13H19N3O3. The number of hydrogen-bond donors (Lipinski definition) is 2. The summed E-state index contributed by atoms with van der Waals surface area (Å²) >= 11 is 0. The van der Waals surface area contributed by atoms with Gasteiger partial charge in [-0.15, -0.1) is 0 Å². The second-order valence-electron chi connectivity index (χ2n) is 5.36. The molecule has 6 nitrogen and oxygen atoms in total. The van der Waals surface area contributed by atoms with Crippen molar-refractivity contribution in [3.8, 4) is 0 Å². The number of hydrogen-bond acceptors (Lipinski definition) is 4. The van der Waals surface area contributed by atoms with E-state index in [2.05, 4.69) is 10.6 Å². The second-order valence-corrected chi connectivity index (χ2v) is 5.36. The summed E-state index contributed by atoms with van der Waals surface area (Å²) < 4.78 is 0. The predicted molar refractivity (Wildman–Crippen MR) is 74.2 cm³/mol. The van der Waals surface area contributed by atoms with Crippen molar-refractivity contribution in [2.24, 2.45) is 0 Å². The summed E-state index contributed by atoms with van der Waals surface area (Å²) in [6.45, 7) is 7.41. The monoisotopic (exact) mass is 265 g/mol. The maximum Gasteiger partial charge on any atom is 0.274 e. The molecule has 0 bridgehead atoms. The van der Waals surface area contributed by atoms with Crippen LogP contribution in [0.5, 0.6) is 0 Å². The SMILES string of the molecule is Cc1c(NCC(=O)NC(C)(C)C)cccc1[N+](=O)[O-]. The fourth-order valence-electron chi connectivity index (χ4n) is 1.65. The fourth-order valence-corrected chi connectivity index (χ4v) is 1.65. The lowest BCUT2D eigenvalue weighted by atomic mass is 10.1. The number of rotatable bonds is 4. The van der Waals surface area contributed by atoms with E-state index in [0.29, 0.717) is 11.3 Å². The summed E-state index contributed by atoms with van der Waals surface area (Å²) in [5.41, 5.74) is 0.867. The molecule has 0 aliphatic carbocycles. The molecule has 6 heteroatoms. The smallest absolute Gasteiger partial charge is 0.274 e. The fraction of sp³-hybridized carbons (Fsp3) is 0.462. The van der Waals surface area contributed by atoms with Crippen LogP contribution >= 0.6 is 0 Å². The van der Waals surface area contributed by atoms with Crippen molar-refractivity contribution < 1.29 is 9.72 Å². The van der Waals surface area contributed by atoms with Crippen molar-refractivity contribution in [1.29, 1.82) is 0 Å². The van der Waals surface area contributed by atoms with Gasteiger partial charge >= 0.3 is 0 Å². The largest absolute Gasteiger partial charge is 0.376 e. The zero-order chi connectivity index (χ0) is 14.6. The lowest BCUT2D eigenvalue weighted by Gasteiger charge is -2.21. The summed E-state index contributed by atoms with van der Waals surface area (Å²) in [5.74, 6) is -0.154. The highest BCUT2D eigenvalue weighted by Crippen LogP contribution is 2.24. The molecule has 1 aromatic carbocycles. The Morgan fingerprint density at radius 2 is 2.00 bits per heavy atom. The molecule has 0 atom stereocenters. The average molecular weight is 265 g/mol. The molecule has 0 aliphatic rings. The molecule has 0 radical (unpaired) electrons. The third-order valence-electron chi connectivity index (χ3n) is 2.46. The molecule has 0 spiro atoms. The molecule has 2 N–H and O–H groups in total. The van der Waals surface area contributed by atoms with E-state index in [1.165, 1.54) is 6.07 Å². The molecule has 19 heavy (non-hydrogen) atoms. The average Bonchev–Trinajstić information content (AvgIpc) is 2.24. The zero-order valence-electron chi connectivity index (χ0n) is 11.6. The van der Waals surface area contributed by atoms with E-state index in [9.17, 15) is 14.9 Å². The van der Waals surface area contributed by atoms with Crippen molar-refractivity contribution in [2.75, 3.05) is 11.9 Å². The van der Waals surface area contributed by atoms with E-state index in [1.807, 2.05) is 20.8 Å². The summed E-state index contributed by atoms with van der Waals surface area (Å²) in [7, 11) is 0. The Labute approximate surface area is 112 Å². The lowest BCUT2D eigenvalue weighted by Crippen LogP contribution is -2.43. The molecule has 1 rings (SSSR count). The molecule has 0 fully saturated rings. The summed E-state index contributed by atoms with van der Waals surface area (Å²) in [6.07, 6.45) is 0. The van der Waals surface area contributed by atoms with E-state index in [4.69, 9.17) is 0 Å². The lowest BCUT2D eigenvalue weighted by molar-refractivity contribution is -0.385. The Balaban J connectivity index is 2.71. The number of carbonyl (C=O) groups excluding carboxylic acids is 1. The number of carbonyl (C=O) groups is 1. The molecule has 0 unspecified atom stereocenters. The van der Waals surface area contributed by atoms with Crippen LogP contribution in [0.4, 0.5) is 11.4 Å². The third kappa shape index (κ3) is 4.57. The standard InChI is InChI=1S/C13H19N3O3/c1-9-10(6-5-7-11(9)16(18)19)14-8-12(17)15-13(2,3)4/h5-7,14H,8H2,1-4H3,(H,15,17). The van der Waals surface area contributed by atoms with Crippen molar-refractivity contribution in [2.45, 2.75) is 33.2 Å². The van der Waals surface area contributed by atoms with E-state index in [-0.39, 0.29) is 23.7 Å². The predicted octanol–water partition coefficient (Wildman–Crippen LogP) is 2.23. The summed E-state index contributed by atoms with van der Waals surface area (Å²) in [4.78, 5) is 22.0. The molecule has 1 aromatic rings. The minimum absolute atomic E-state index is 0.0428.